The highest BCUT2D eigenvalue weighted by molar-refractivity contribution is 5.11. The molecule has 0 amide bonds. The van der Waals surface area contributed by atoms with Crippen LogP contribution in [-0.4, -0.2) is 24.5 Å². The van der Waals surface area contributed by atoms with E-state index in [0.717, 1.165) is 6.54 Å². The van der Waals surface area contributed by atoms with E-state index < -0.39 is 0 Å². The van der Waals surface area contributed by atoms with Gasteiger partial charge in [-0.05, 0) is 20.9 Å². The van der Waals surface area contributed by atoms with Gasteiger partial charge in [0, 0.05) is 12.6 Å². The summed E-state index contributed by atoms with van der Waals surface area (Å²) in [7, 11) is 2.15. The third-order valence-electron chi connectivity index (χ3n) is 1.72. The largest absolute Gasteiger partial charge is 0.296 e. The van der Waals surface area contributed by atoms with Crippen LogP contribution in [0, 0.1) is 0 Å². The Labute approximate surface area is 64.7 Å². The number of nitrogens with zero attached hydrogens (tertiary/aromatic N) is 1. The molecule has 1 aliphatic heterocycles. The van der Waals surface area contributed by atoms with Crippen molar-refractivity contribution in [2.45, 2.75) is 33.7 Å². The number of rotatable bonds is 0. The van der Waals surface area contributed by atoms with Crippen molar-refractivity contribution in [2.75, 3.05) is 13.6 Å². The van der Waals surface area contributed by atoms with Gasteiger partial charge in [0.25, 0.3) is 0 Å². The van der Waals surface area contributed by atoms with Gasteiger partial charge >= 0.3 is 0 Å². The van der Waals surface area contributed by atoms with Gasteiger partial charge in [-0.2, -0.15) is 0 Å². The molecule has 0 N–H and O–H groups in total. The van der Waals surface area contributed by atoms with Crippen LogP contribution >= 0.6 is 0 Å². The predicted molar refractivity (Wildman–Crippen MR) is 47.2 cm³/mol. The van der Waals surface area contributed by atoms with Gasteiger partial charge in [0.2, 0.25) is 0 Å². The van der Waals surface area contributed by atoms with E-state index >= 15 is 0 Å². The van der Waals surface area contributed by atoms with E-state index in [0.29, 0.717) is 6.04 Å². The lowest BCUT2D eigenvalue weighted by Gasteiger charge is -2.12. The molecule has 1 heteroatoms. The van der Waals surface area contributed by atoms with E-state index in [2.05, 4.69) is 31.9 Å². The van der Waals surface area contributed by atoms with Gasteiger partial charge in [0.1, 0.15) is 0 Å². The Hall–Kier alpha value is -0.300. The van der Waals surface area contributed by atoms with E-state index in [-0.39, 0.29) is 0 Å². The molecule has 10 heavy (non-hydrogen) atoms. The molecule has 1 aliphatic rings. The fraction of sp³-hybridized carbons (Fsp3) is 0.778. The SMILES string of the molecule is CC.CC1=CC(C)N(C)C1. The van der Waals surface area contributed by atoms with E-state index in [1.54, 1.807) is 0 Å². The van der Waals surface area contributed by atoms with Crippen LogP contribution < -0.4 is 0 Å². The topological polar surface area (TPSA) is 3.24 Å². The number of likely N-dealkylation sites (N-methyl/N-ethyl adjacent to an activating group) is 1. The number of hydrogen-bond acceptors (Lipinski definition) is 1. The molecule has 0 aromatic rings. The summed E-state index contributed by atoms with van der Waals surface area (Å²) in [5.41, 5.74) is 1.50. The second-order valence-electron chi connectivity index (χ2n) is 2.67. The monoisotopic (exact) mass is 141 g/mol. The first kappa shape index (κ1) is 9.70. The molecule has 0 aliphatic carbocycles. The Morgan fingerprint density at radius 1 is 1.50 bits per heavy atom. The minimum Gasteiger partial charge on any atom is -0.296 e. The average Bonchev–Trinajstić information content (AvgIpc) is 2.16. The first-order valence-electron chi connectivity index (χ1n) is 4.07. The average molecular weight is 141 g/mol. The van der Waals surface area contributed by atoms with E-state index in [1.807, 2.05) is 13.8 Å². The maximum Gasteiger partial charge on any atom is 0.0253 e. The maximum atomic E-state index is 2.33. The molecule has 1 heterocycles. The van der Waals surface area contributed by atoms with E-state index in [4.69, 9.17) is 0 Å². The first-order valence-corrected chi connectivity index (χ1v) is 4.07. The summed E-state index contributed by atoms with van der Waals surface area (Å²) < 4.78 is 0. The van der Waals surface area contributed by atoms with Crippen molar-refractivity contribution in [2.24, 2.45) is 0 Å². The minimum absolute atomic E-state index is 0.662. The van der Waals surface area contributed by atoms with Crippen LogP contribution in [-0.2, 0) is 0 Å². The van der Waals surface area contributed by atoms with Crippen molar-refractivity contribution in [3.05, 3.63) is 11.6 Å². The van der Waals surface area contributed by atoms with Crippen LogP contribution in [0.2, 0.25) is 0 Å². The Morgan fingerprint density at radius 3 is 2.10 bits per heavy atom. The Kier molecular flexibility index (Phi) is 4.37. The molecule has 1 rings (SSSR count). The summed E-state index contributed by atoms with van der Waals surface area (Å²) in [6, 6.07) is 0.662. The lowest BCUT2D eigenvalue weighted by Crippen LogP contribution is -2.22. The van der Waals surface area contributed by atoms with Crippen molar-refractivity contribution in [3.8, 4) is 0 Å². The van der Waals surface area contributed by atoms with Crippen molar-refractivity contribution < 1.29 is 0 Å². The third-order valence-corrected chi connectivity index (χ3v) is 1.72. The summed E-state index contributed by atoms with van der Waals surface area (Å²) >= 11 is 0. The van der Waals surface area contributed by atoms with E-state index in [1.165, 1.54) is 5.57 Å². The molecular weight excluding hydrogens is 122 g/mol. The predicted octanol–water partition coefficient (Wildman–Crippen LogP) is 2.29. The van der Waals surface area contributed by atoms with Gasteiger partial charge in [-0.25, -0.2) is 0 Å². The molecule has 1 atom stereocenters. The third kappa shape index (κ3) is 2.53. The fourth-order valence-corrected chi connectivity index (χ4v) is 1.13. The Bertz CT molecular complexity index is 116. The van der Waals surface area contributed by atoms with Crippen molar-refractivity contribution in [3.63, 3.8) is 0 Å². The summed E-state index contributed by atoms with van der Waals surface area (Å²) in [6.45, 7) is 9.55. The summed E-state index contributed by atoms with van der Waals surface area (Å²) in [4.78, 5) is 2.33. The highest BCUT2D eigenvalue weighted by Crippen LogP contribution is 2.11. The summed E-state index contributed by atoms with van der Waals surface area (Å²) in [5.74, 6) is 0. The quantitative estimate of drug-likeness (QED) is 0.468. The zero-order valence-electron chi connectivity index (χ0n) is 7.81. The fourth-order valence-electron chi connectivity index (χ4n) is 1.13. The second kappa shape index (κ2) is 4.51. The van der Waals surface area contributed by atoms with Gasteiger partial charge in [0.05, 0.1) is 0 Å². The number of hydrogen-bond donors (Lipinski definition) is 0. The van der Waals surface area contributed by atoms with Gasteiger partial charge < -0.3 is 0 Å². The highest BCUT2D eigenvalue weighted by Gasteiger charge is 2.12. The van der Waals surface area contributed by atoms with Gasteiger partial charge in [-0.15, -0.1) is 0 Å². The minimum atomic E-state index is 0.662. The molecule has 0 aromatic heterocycles. The second-order valence-corrected chi connectivity index (χ2v) is 2.67. The molecule has 1 unspecified atom stereocenters. The lowest BCUT2D eigenvalue weighted by molar-refractivity contribution is 0.348. The zero-order chi connectivity index (χ0) is 8.15. The molecule has 0 bridgehead atoms. The van der Waals surface area contributed by atoms with Crippen LogP contribution in [0.4, 0.5) is 0 Å². The van der Waals surface area contributed by atoms with Crippen molar-refractivity contribution in [1.29, 1.82) is 0 Å². The molecule has 0 aromatic carbocycles. The molecule has 1 nitrogen and oxygen atoms in total. The summed E-state index contributed by atoms with van der Waals surface area (Å²) in [5, 5.41) is 0. The molecule has 0 saturated carbocycles. The normalized spacial score (nSPS) is 25.3. The Morgan fingerprint density at radius 2 is 2.00 bits per heavy atom. The maximum absolute atomic E-state index is 2.33. The molecule has 0 saturated heterocycles. The van der Waals surface area contributed by atoms with Gasteiger partial charge in [0.15, 0.2) is 0 Å². The van der Waals surface area contributed by atoms with Gasteiger partial charge in [-0.1, -0.05) is 25.5 Å². The molecule has 60 valence electrons. The van der Waals surface area contributed by atoms with Crippen LogP contribution in [0.3, 0.4) is 0 Å². The van der Waals surface area contributed by atoms with Crippen molar-refractivity contribution >= 4 is 0 Å². The zero-order valence-corrected chi connectivity index (χ0v) is 7.81. The van der Waals surface area contributed by atoms with Crippen molar-refractivity contribution in [1.82, 2.24) is 4.90 Å². The first-order chi connectivity index (χ1) is 4.70. The molecule has 0 fully saturated rings. The Balaban J connectivity index is 0.000000371. The van der Waals surface area contributed by atoms with Crippen LogP contribution in [0.1, 0.15) is 27.7 Å². The van der Waals surface area contributed by atoms with Crippen LogP contribution in [0.15, 0.2) is 11.6 Å². The van der Waals surface area contributed by atoms with Crippen LogP contribution in [0.5, 0.6) is 0 Å². The molecular formula is C9H19N. The molecule has 0 radical (unpaired) electrons. The van der Waals surface area contributed by atoms with Gasteiger partial charge in [-0.3, -0.25) is 4.90 Å². The van der Waals surface area contributed by atoms with Crippen LogP contribution in [0.25, 0.3) is 0 Å². The molecule has 0 spiro atoms. The standard InChI is InChI=1S/C7H13N.C2H6/c1-6-4-7(2)8(3)5-6;1-2/h4,7H,5H2,1-3H3;1-2H3. The highest BCUT2D eigenvalue weighted by atomic mass is 15.1. The van der Waals surface area contributed by atoms with E-state index in [9.17, 15) is 0 Å². The lowest BCUT2D eigenvalue weighted by atomic mass is 10.3. The smallest absolute Gasteiger partial charge is 0.0253 e. The summed E-state index contributed by atoms with van der Waals surface area (Å²) in [6.07, 6.45) is 2.31.